The van der Waals surface area contributed by atoms with Crippen LogP contribution in [0.3, 0.4) is 0 Å². The molecule has 4 heterocycles. The fourth-order valence-corrected chi connectivity index (χ4v) is 3.69. The summed E-state index contributed by atoms with van der Waals surface area (Å²) in [6, 6.07) is 1.96. The number of nitrogens with two attached hydrogens (primary N) is 2. The first-order valence-electron chi connectivity index (χ1n) is 9.01. The number of anilines is 2. The van der Waals surface area contributed by atoms with Crippen LogP contribution in [0.25, 0.3) is 22.4 Å². The highest BCUT2D eigenvalue weighted by Gasteiger charge is 2.33. The predicted octanol–water partition coefficient (Wildman–Crippen LogP) is 2.60. The second-order valence-electron chi connectivity index (χ2n) is 7.49. The van der Waals surface area contributed by atoms with E-state index in [-0.39, 0.29) is 17.3 Å². The van der Waals surface area contributed by atoms with Crippen molar-refractivity contribution in [1.82, 2.24) is 25.1 Å². The van der Waals surface area contributed by atoms with Crippen LogP contribution in [0.4, 0.5) is 11.6 Å². The van der Waals surface area contributed by atoms with E-state index in [2.05, 4.69) is 43.9 Å². The van der Waals surface area contributed by atoms with Crippen LogP contribution in [-0.4, -0.2) is 44.3 Å². The Kier molecular flexibility index (Phi) is 4.39. The van der Waals surface area contributed by atoms with Gasteiger partial charge in [0.15, 0.2) is 0 Å². The SMILES string of the molecule is C[C@@H](N)C1(C)CCN(c2cnc3c(-c4ccnc(N)c4Cl)[nH]nc3n2)CC1. The molecule has 0 spiro atoms. The summed E-state index contributed by atoms with van der Waals surface area (Å²) in [6.45, 7) is 6.15. The fraction of sp³-hybridized carbons (Fsp3) is 0.444. The molecule has 0 aromatic carbocycles. The number of nitrogens with one attached hydrogen (secondary N) is 1. The van der Waals surface area contributed by atoms with Crippen LogP contribution in [0.2, 0.25) is 5.02 Å². The second-order valence-corrected chi connectivity index (χ2v) is 7.86. The number of pyridine rings is 1. The smallest absolute Gasteiger partial charge is 0.202 e. The van der Waals surface area contributed by atoms with Gasteiger partial charge in [-0.1, -0.05) is 18.5 Å². The van der Waals surface area contributed by atoms with Crippen molar-refractivity contribution in [2.45, 2.75) is 32.7 Å². The Bertz CT molecular complexity index is 975. The van der Waals surface area contributed by atoms with Gasteiger partial charge >= 0.3 is 0 Å². The van der Waals surface area contributed by atoms with Gasteiger partial charge in [-0.3, -0.25) is 5.10 Å². The van der Waals surface area contributed by atoms with E-state index in [1.165, 1.54) is 0 Å². The Hall–Kier alpha value is -2.45. The zero-order chi connectivity index (χ0) is 19.2. The van der Waals surface area contributed by atoms with Gasteiger partial charge in [-0.15, -0.1) is 0 Å². The summed E-state index contributed by atoms with van der Waals surface area (Å²) in [5.41, 5.74) is 14.7. The van der Waals surface area contributed by atoms with E-state index in [1.807, 2.05) is 0 Å². The minimum absolute atomic E-state index is 0.172. The van der Waals surface area contributed by atoms with Crippen molar-refractivity contribution >= 4 is 34.4 Å². The summed E-state index contributed by atoms with van der Waals surface area (Å²) in [7, 11) is 0. The minimum Gasteiger partial charge on any atom is -0.382 e. The molecule has 0 bridgehead atoms. The fourth-order valence-electron chi connectivity index (χ4n) is 3.48. The molecule has 4 rings (SSSR count). The molecule has 1 aliphatic heterocycles. The van der Waals surface area contributed by atoms with Crippen molar-refractivity contribution in [2.24, 2.45) is 11.1 Å². The Morgan fingerprint density at radius 2 is 2.04 bits per heavy atom. The number of hydrogen-bond acceptors (Lipinski definition) is 7. The van der Waals surface area contributed by atoms with Crippen LogP contribution in [-0.2, 0) is 0 Å². The number of nitrogens with zero attached hydrogens (tertiary/aromatic N) is 5. The first kappa shape index (κ1) is 17.9. The second kappa shape index (κ2) is 6.61. The maximum absolute atomic E-state index is 6.29. The Morgan fingerprint density at radius 3 is 2.74 bits per heavy atom. The Morgan fingerprint density at radius 1 is 1.30 bits per heavy atom. The molecule has 0 amide bonds. The molecule has 142 valence electrons. The van der Waals surface area contributed by atoms with Gasteiger partial charge in [-0.05, 0) is 31.2 Å². The lowest BCUT2D eigenvalue weighted by Crippen LogP contribution is -2.47. The summed E-state index contributed by atoms with van der Waals surface area (Å²) in [6.07, 6.45) is 5.45. The minimum atomic E-state index is 0.172. The summed E-state index contributed by atoms with van der Waals surface area (Å²) >= 11 is 6.29. The van der Waals surface area contributed by atoms with Gasteiger partial charge in [0.05, 0.1) is 16.9 Å². The van der Waals surface area contributed by atoms with E-state index >= 15 is 0 Å². The molecule has 1 fully saturated rings. The van der Waals surface area contributed by atoms with E-state index in [0.29, 0.717) is 27.4 Å². The van der Waals surface area contributed by atoms with Gasteiger partial charge in [0.1, 0.15) is 17.2 Å². The van der Waals surface area contributed by atoms with Gasteiger partial charge < -0.3 is 16.4 Å². The number of aromatic nitrogens is 5. The van der Waals surface area contributed by atoms with Crippen LogP contribution in [0.1, 0.15) is 26.7 Å². The van der Waals surface area contributed by atoms with Gasteiger partial charge in [0, 0.05) is 30.9 Å². The zero-order valence-electron chi connectivity index (χ0n) is 15.4. The maximum Gasteiger partial charge on any atom is 0.202 e. The molecule has 0 unspecified atom stereocenters. The van der Waals surface area contributed by atoms with Crippen LogP contribution in [0, 0.1) is 5.41 Å². The molecule has 1 saturated heterocycles. The molecule has 0 radical (unpaired) electrons. The summed E-state index contributed by atoms with van der Waals surface area (Å²) < 4.78 is 0. The third kappa shape index (κ3) is 3.08. The highest BCUT2D eigenvalue weighted by atomic mass is 35.5. The monoisotopic (exact) mass is 386 g/mol. The molecule has 5 N–H and O–H groups in total. The summed E-state index contributed by atoms with van der Waals surface area (Å²) in [5.74, 6) is 1.10. The number of nitrogen functional groups attached to an aromatic ring is 1. The third-order valence-electron chi connectivity index (χ3n) is 5.77. The number of rotatable bonds is 3. The van der Waals surface area contributed by atoms with E-state index < -0.39 is 0 Å². The molecule has 1 aliphatic rings. The highest BCUT2D eigenvalue weighted by Crippen LogP contribution is 2.36. The number of aromatic amines is 1. The van der Waals surface area contributed by atoms with Gasteiger partial charge in [0.25, 0.3) is 0 Å². The standard InChI is InChI=1S/C18H23ClN8/c1-10(20)18(2)4-7-27(8-5-18)12-9-23-15-14(25-26-17(15)24-12)11-3-6-22-16(21)13(11)19/h3,6,9-10H,4-5,7-8,20H2,1-2H3,(H2,21,22)(H,24,25,26)/t10-/m1/s1. The third-order valence-corrected chi connectivity index (χ3v) is 6.16. The normalized spacial score (nSPS) is 18.0. The Balaban J connectivity index is 1.63. The number of fused-ring (bicyclic) bond motifs is 1. The van der Waals surface area contributed by atoms with E-state index in [0.717, 1.165) is 31.7 Å². The summed E-state index contributed by atoms with van der Waals surface area (Å²) in [4.78, 5) is 15.5. The topological polar surface area (TPSA) is 123 Å². The molecule has 27 heavy (non-hydrogen) atoms. The quantitative estimate of drug-likeness (QED) is 0.632. The molecule has 9 heteroatoms. The molecule has 0 saturated carbocycles. The molecule has 0 aliphatic carbocycles. The van der Waals surface area contributed by atoms with Crippen molar-refractivity contribution in [3.8, 4) is 11.3 Å². The lowest BCUT2D eigenvalue weighted by Gasteiger charge is -2.42. The lowest BCUT2D eigenvalue weighted by molar-refractivity contribution is 0.205. The molecule has 1 atom stereocenters. The Labute approximate surface area is 162 Å². The molecule has 3 aromatic rings. The van der Waals surface area contributed by atoms with Crippen molar-refractivity contribution in [3.05, 3.63) is 23.5 Å². The molecule has 3 aromatic heterocycles. The highest BCUT2D eigenvalue weighted by molar-refractivity contribution is 6.35. The molecular formula is C18H23ClN8. The van der Waals surface area contributed by atoms with Crippen molar-refractivity contribution in [2.75, 3.05) is 23.7 Å². The number of piperidine rings is 1. The van der Waals surface area contributed by atoms with Crippen LogP contribution in [0.15, 0.2) is 18.5 Å². The van der Waals surface area contributed by atoms with Gasteiger partial charge in [-0.25, -0.2) is 15.0 Å². The largest absolute Gasteiger partial charge is 0.382 e. The van der Waals surface area contributed by atoms with Crippen LogP contribution >= 0.6 is 11.6 Å². The zero-order valence-corrected chi connectivity index (χ0v) is 16.2. The van der Waals surface area contributed by atoms with E-state index in [9.17, 15) is 0 Å². The van der Waals surface area contributed by atoms with Gasteiger partial charge in [0.2, 0.25) is 5.65 Å². The van der Waals surface area contributed by atoms with Gasteiger partial charge in [-0.2, -0.15) is 5.10 Å². The molecule has 8 nitrogen and oxygen atoms in total. The number of H-pyrrole nitrogens is 1. The predicted molar refractivity (Wildman–Crippen MR) is 108 cm³/mol. The number of halogens is 1. The lowest BCUT2D eigenvalue weighted by atomic mass is 9.75. The first-order valence-corrected chi connectivity index (χ1v) is 9.39. The summed E-state index contributed by atoms with van der Waals surface area (Å²) in [5, 5.41) is 7.67. The van der Waals surface area contributed by atoms with Crippen molar-refractivity contribution in [3.63, 3.8) is 0 Å². The van der Waals surface area contributed by atoms with Crippen LogP contribution in [0.5, 0.6) is 0 Å². The van der Waals surface area contributed by atoms with E-state index in [4.69, 9.17) is 23.1 Å². The average molecular weight is 387 g/mol. The van der Waals surface area contributed by atoms with Crippen LogP contribution < -0.4 is 16.4 Å². The molecular weight excluding hydrogens is 364 g/mol. The first-order chi connectivity index (χ1) is 12.9. The van der Waals surface area contributed by atoms with Crippen molar-refractivity contribution < 1.29 is 0 Å². The maximum atomic E-state index is 6.29. The van der Waals surface area contributed by atoms with E-state index in [1.54, 1.807) is 18.5 Å². The average Bonchev–Trinajstić information content (AvgIpc) is 3.07. The number of hydrogen-bond donors (Lipinski definition) is 3. The van der Waals surface area contributed by atoms with Crippen molar-refractivity contribution in [1.29, 1.82) is 0 Å².